The summed E-state index contributed by atoms with van der Waals surface area (Å²) in [6.45, 7) is 3.58. The Kier molecular flexibility index (Phi) is 4.40. The highest BCUT2D eigenvalue weighted by Crippen LogP contribution is 2.25. The molecule has 1 aliphatic heterocycles. The number of piperazine rings is 1. The van der Waals surface area contributed by atoms with E-state index in [0.29, 0.717) is 49.2 Å². The average molecular weight is 392 g/mol. The Bertz CT molecular complexity index is 1050. The zero-order chi connectivity index (χ0) is 19.0. The van der Waals surface area contributed by atoms with Gasteiger partial charge in [0.25, 0.3) is 0 Å². The number of fused-ring (bicyclic) bond motifs is 1. The number of hydrogen-bond donors (Lipinski definition) is 2. The summed E-state index contributed by atoms with van der Waals surface area (Å²) in [5.41, 5.74) is 7.83. The Morgan fingerprint density at radius 2 is 2.00 bits per heavy atom. The molecule has 10 nitrogen and oxygen atoms in total. The van der Waals surface area contributed by atoms with E-state index in [1.165, 1.54) is 4.31 Å². The number of pyridine rings is 1. The Hall–Kier alpha value is -2.79. The third-order valence-electron chi connectivity index (χ3n) is 4.59. The van der Waals surface area contributed by atoms with Gasteiger partial charge in [0.15, 0.2) is 23.0 Å². The number of nitrogen functional groups attached to an aromatic ring is 1. The van der Waals surface area contributed by atoms with Crippen LogP contribution in [-0.4, -0.2) is 69.6 Å². The molecule has 11 heteroatoms. The van der Waals surface area contributed by atoms with Gasteiger partial charge in [0.2, 0.25) is 10.0 Å². The Labute approximate surface area is 159 Å². The summed E-state index contributed by atoms with van der Waals surface area (Å²) < 4.78 is 25.5. The number of anilines is 2. The van der Waals surface area contributed by atoms with Crippen molar-refractivity contribution in [3.8, 4) is 11.5 Å². The highest BCUT2D eigenvalue weighted by atomic mass is 32.2. The van der Waals surface area contributed by atoms with Crippen LogP contribution in [-0.2, 0) is 10.0 Å². The normalized spacial score (nSPS) is 16.1. The summed E-state index contributed by atoms with van der Waals surface area (Å²) in [6.07, 6.45) is 3.27. The van der Waals surface area contributed by atoms with Gasteiger partial charge in [-0.2, -0.15) is 4.31 Å². The lowest BCUT2D eigenvalue weighted by atomic mass is 10.3. The molecule has 0 aliphatic carbocycles. The van der Waals surface area contributed by atoms with E-state index in [2.05, 4.69) is 24.9 Å². The number of hydrogen-bond acceptors (Lipinski definition) is 8. The molecule has 1 fully saturated rings. The second kappa shape index (κ2) is 6.74. The summed E-state index contributed by atoms with van der Waals surface area (Å²) in [7, 11) is -3.17. The Morgan fingerprint density at radius 1 is 1.22 bits per heavy atom. The molecule has 0 unspecified atom stereocenters. The second-order valence-electron chi connectivity index (χ2n) is 6.21. The molecule has 3 N–H and O–H groups in total. The van der Waals surface area contributed by atoms with Crippen LogP contribution in [0.5, 0.6) is 0 Å². The summed E-state index contributed by atoms with van der Waals surface area (Å²) >= 11 is 0. The van der Waals surface area contributed by atoms with Gasteiger partial charge in [-0.1, -0.05) is 0 Å². The van der Waals surface area contributed by atoms with Gasteiger partial charge in [0.1, 0.15) is 5.82 Å². The third-order valence-corrected chi connectivity index (χ3v) is 6.47. The maximum Gasteiger partial charge on any atom is 0.213 e. The molecule has 0 atom stereocenters. The molecule has 1 aliphatic rings. The quantitative estimate of drug-likeness (QED) is 0.670. The van der Waals surface area contributed by atoms with Crippen molar-refractivity contribution in [2.75, 3.05) is 42.6 Å². The van der Waals surface area contributed by atoms with E-state index >= 15 is 0 Å². The van der Waals surface area contributed by atoms with Gasteiger partial charge in [-0.05, 0) is 19.1 Å². The summed E-state index contributed by atoms with van der Waals surface area (Å²) in [6, 6.07) is 3.69. The van der Waals surface area contributed by atoms with Crippen molar-refractivity contribution in [3.05, 3.63) is 24.5 Å². The molecule has 0 spiro atoms. The van der Waals surface area contributed by atoms with Gasteiger partial charge >= 0.3 is 0 Å². The maximum absolute atomic E-state index is 12.0. The van der Waals surface area contributed by atoms with Crippen LogP contribution in [0.4, 0.5) is 11.6 Å². The SMILES string of the molecule is CCS(=O)(=O)N1CCN(c2cnc(N)c(-c3nc4ncccc4[nH]3)n2)CC1.[HH].[HH]. The first-order valence-electron chi connectivity index (χ1n) is 8.64. The molecule has 4 rings (SSSR count). The van der Waals surface area contributed by atoms with Gasteiger partial charge < -0.3 is 15.6 Å². The first kappa shape index (κ1) is 17.6. The predicted molar refractivity (Wildman–Crippen MR) is 107 cm³/mol. The molecule has 0 bridgehead atoms. The number of nitrogens with two attached hydrogens (primary N) is 1. The van der Waals surface area contributed by atoms with E-state index in [-0.39, 0.29) is 14.4 Å². The number of aromatic amines is 1. The molecule has 1 saturated heterocycles. The number of nitrogens with one attached hydrogen (secondary N) is 1. The van der Waals surface area contributed by atoms with Crippen molar-refractivity contribution >= 4 is 32.8 Å². The summed E-state index contributed by atoms with van der Waals surface area (Å²) in [4.78, 5) is 22.7. The molecule has 0 amide bonds. The molecule has 0 saturated carbocycles. The van der Waals surface area contributed by atoms with Crippen molar-refractivity contribution in [2.24, 2.45) is 0 Å². The molecule has 0 aromatic carbocycles. The molecule has 3 aromatic rings. The van der Waals surface area contributed by atoms with E-state index in [0.717, 1.165) is 5.52 Å². The zero-order valence-electron chi connectivity index (χ0n) is 14.8. The van der Waals surface area contributed by atoms with E-state index in [1.807, 2.05) is 17.0 Å². The standard InChI is InChI=1S/C16H20N8O2S.2H2/c1-2-27(25,26)24-8-6-23(7-9-24)12-10-19-14(17)13(21-12)16-20-11-4-3-5-18-15(11)22-16;;/h3-5,10H,2,6-9H2,1H3,(H2,17,19)(H,18,20,22);2*1H. The first-order valence-corrected chi connectivity index (χ1v) is 10.3. The fourth-order valence-electron chi connectivity index (χ4n) is 3.05. The van der Waals surface area contributed by atoms with Crippen molar-refractivity contribution in [2.45, 2.75) is 6.92 Å². The van der Waals surface area contributed by atoms with Gasteiger partial charge in [0, 0.05) is 35.2 Å². The second-order valence-corrected chi connectivity index (χ2v) is 8.47. The number of aromatic nitrogens is 5. The molecule has 0 radical (unpaired) electrons. The Morgan fingerprint density at radius 3 is 2.70 bits per heavy atom. The largest absolute Gasteiger partial charge is 0.382 e. The maximum atomic E-state index is 12.0. The minimum atomic E-state index is -3.17. The van der Waals surface area contributed by atoms with Crippen molar-refractivity contribution in [1.29, 1.82) is 0 Å². The highest BCUT2D eigenvalue weighted by Gasteiger charge is 2.26. The van der Waals surface area contributed by atoms with E-state index in [9.17, 15) is 8.42 Å². The van der Waals surface area contributed by atoms with Crippen LogP contribution in [0.25, 0.3) is 22.7 Å². The van der Waals surface area contributed by atoms with Crippen LogP contribution in [0.2, 0.25) is 0 Å². The molecule has 27 heavy (non-hydrogen) atoms. The van der Waals surface area contributed by atoms with Gasteiger partial charge in [-0.25, -0.2) is 28.4 Å². The summed E-state index contributed by atoms with van der Waals surface area (Å²) in [5.74, 6) is 1.52. The van der Waals surface area contributed by atoms with Crippen molar-refractivity contribution in [3.63, 3.8) is 0 Å². The summed E-state index contributed by atoms with van der Waals surface area (Å²) in [5, 5.41) is 0. The topological polar surface area (TPSA) is 134 Å². The van der Waals surface area contributed by atoms with Crippen LogP contribution in [0, 0.1) is 0 Å². The lowest BCUT2D eigenvalue weighted by Crippen LogP contribution is -2.49. The minimum Gasteiger partial charge on any atom is -0.382 e. The van der Waals surface area contributed by atoms with Crippen molar-refractivity contribution < 1.29 is 11.3 Å². The lowest BCUT2D eigenvalue weighted by molar-refractivity contribution is 0.384. The van der Waals surface area contributed by atoms with Gasteiger partial charge in [-0.15, -0.1) is 0 Å². The van der Waals surface area contributed by atoms with Crippen LogP contribution >= 0.6 is 0 Å². The lowest BCUT2D eigenvalue weighted by Gasteiger charge is -2.34. The first-order chi connectivity index (χ1) is 13.0. The highest BCUT2D eigenvalue weighted by molar-refractivity contribution is 7.89. The van der Waals surface area contributed by atoms with Crippen LogP contribution in [0.15, 0.2) is 24.5 Å². The Balaban J connectivity index is 0.00000150. The zero-order valence-corrected chi connectivity index (χ0v) is 15.6. The fourth-order valence-corrected chi connectivity index (χ4v) is 4.14. The van der Waals surface area contributed by atoms with E-state index in [1.54, 1.807) is 19.3 Å². The van der Waals surface area contributed by atoms with Gasteiger partial charge in [-0.3, -0.25) is 0 Å². The van der Waals surface area contributed by atoms with Crippen LogP contribution in [0.1, 0.15) is 9.78 Å². The molecule has 146 valence electrons. The third kappa shape index (κ3) is 3.30. The molecular formula is C16H24N8O2S. The number of H-pyrrole nitrogens is 1. The molecular weight excluding hydrogens is 368 g/mol. The van der Waals surface area contributed by atoms with Crippen LogP contribution in [0.3, 0.4) is 0 Å². The fraction of sp³-hybridized carbons (Fsp3) is 0.375. The van der Waals surface area contributed by atoms with Crippen molar-refractivity contribution in [1.82, 2.24) is 29.2 Å². The number of rotatable bonds is 4. The van der Waals surface area contributed by atoms with E-state index in [4.69, 9.17) is 5.73 Å². The number of nitrogens with zero attached hydrogens (tertiary/aromatic N) is 6. The minimum absolute atomic E-state index is 0. The number of sulfonamides is 1. The number of imidazole rings is 1. The van der Waals surface area contributed by atoms with Crippen LogP contribution < -0.4 is 10.6 Å². The predicted octanol–water partition coefficient (Wildman–Crippen LogP) is 0.961. The molecule has 4 heterocycles. The van der Waals surface area contributed by atoms with Gasteiger partial charge in [0.05, 0.1) is 17.5 Å². The monoisotopic (exact) mass is 392 g/mol. The molecule has 3 aromatic heterocycles. The smallest absolute Gasteiger partial charge is 0.213 e. The van der Waals surface area contributed by atoms with E-state index < -0.39 is 10.0 Å². The average Bonchev–Trinajstić information content (AvgIpc) is 3.12.